The second kappa shape index (κ2) is 6.09. The molecule has 1 N–H and O–H groups in total. The van der Waals surface area contributed by atoms with Gasteiger partial charge in [-0.3, -0.25) is 0 Å². The van der Waals surface area contributed by atoms with Crippen LogP contribution in [0.4, 0.5) is 4.79 Å². The normalized spacial score (nSPS) is 26.5. The first-order valence-corrected chi connectivity index (χ1v) is 6.51. The van der Waals surface area contributed by atoms with E-state index in [-0.39, 0.29) is 6.09 Å². The molecule has 2 rings (SSSR count). The number of nitrogens with zero attached hydrogens (tertiary/aromatic N) is 1. The van der Waals surface area contributed by atoms with E-state index in [9.17, 15) is 4.79 Å². The van der Waals surface area contributed by atoms with Crippen molar-refractivity contribution in [2.24, 2.45) is 0 Å². The monoisotopic (exact) mass is 226 g/mol. The molecular weight excluding hydrogens is 204 g/mol. The van der Waals surface area contributed by atoms with E-state index in [1.54, 1.807) is 0 Å². The average molecular weight is 226 g/mol. The van der Waals surface area contributed by atoms with Crippen LogP contribution in [0.25, 0.3) is 0 Å². The first-order chi connectivity index (χ1) is 7.86. The third-order valence-corrected chi connectivity index (χ3v) is 3.43. The molecule has 1 unspecified atom stereocenters. The number of ether oxygens (including phenoxy) is 1. The van der Waals surface area contributed by atoms with E-state index in [1.165, 1.54) is 19.3 Å². The largest absolute Gasteiger partial charge is 0.448 e. The highest BCUT2D eigenvalue weighted by molar-refractivity contribution is 5.67. The third-order valence-electron chi connectivity index (χ3n) is 3.43. The molecule has 0 saturated carbocycles. The van der Waals surface area contributed by atoms with Gasteiger partial charge in [-0.15, -0.1) is 0 Å². The highest BCUT2D eigenvalue weighted by Gasteiger charge is 2.20. The van der Waals surface area contributed by atoms with Gasteiger partial charge >= 0.3 is 6.09 Å². The number of hydrogen-bond acceptors (Lipinski definition) is 3. The van der Waals surface area contributed by atoms with Crippen molar-refractivity contribution in [2.75, 3.05) is 26.2 Å². The lowest BCUT2D eigenvalue weighted by Crippen LogP contribution is -2.36. The second-order valence-electron chi connectivity index (χ2n) is 4.77. The van der Waals surface area contributed by atoms with E-state index < -0.39 is 0 Å². The molecule has 1 atom stereocenters. The van der Waals surface area contributed by atoms with Crippen LogP contribution in [0, 0.1) is 0 Å². The minimum absolute atomic E-state index is 0.115. The molecule has 2 saturated heterocycles. The lowest BCUT2D eigenvalue weighted by molar-refractivity contribution is 0.0961. The van der Waals surface area contributed by atoms with Gasteiger partial charge < -0.3 is 15.0 Å². The standard InChI is InChI=1S/C12H22N2O2/c15-12(14-8-3-1-2-4-9-14)16-10-11-6-5-7-13-11/h11,13H,1-10H2. The van der Waals surface area contributed by atoms with Crippen LogP contribution >= 0.6 is 0 Å². The van der Waals surface area contributed by atoms with Crippen molar-refractivity contribution in [3.05, 3.63) is 0 Å². The van der Waals surface area contributed by atoms with Gasteiger partial charge in [0.2, 0.25) is 0 Å². The van der Waals surface area contributed by atoms with Crippen LogP contribution in [0.1, 0.15) is 38.5 Å². The number of nitrogens with one attached hydrogen (secondary N) is 1. The van der Waals surface area contributed by atoms with Gasteiger partial charge in [0, 0.05) is 19.1 Å². The van der Waals surface area contributed by atoms with E-state index in [1.807, 2.05) is 4.90 Å². The molecule has 0 aromatic rings. The van der Waals surface area contributed by atoms with E-state index in [2.05, 4.69) is 5.32 Å². The number of rotatable bonds is 2. The summed E-state index contributed by atoms with van der Waals surface area (Å²) in [6, 6.07) is 0.385. The Hall–Kier alpha value is -0.770. The van der Waals surface area contributed by atoms with Crippen molar-refractivity contribution in [3.8, 4) is 0 Å². The summed E-state index contributed by atoms with van der Waals surface area (Å²) in [5.41, 5.74) is 0. The molecule has 4 heteroatoms. The van der Waals surface area contributed by atoms with Crippen LogP contribution in [-0.2, 0) is 4.74 Å². The maximum Gasteiger partial charge on any atom is 0.409 e. The molecule has 0 aliphatic carbocycles. The lowest BCUT2D eigenvalue weighted by atomic mass is 10.2. The van der Waals surface area contributed by atoms with Crippen LogP contribution in [0.15, 0.2) is 0 Å². The molecule has 2 fully saturated rings. The molecule has 1 amide bonds. The van der Waals surface area contributed by atoms with Crippen LogP contribution in [0.5, 0.6) is 0 Å². The van der Waals surface area contributed by atoms with Gasteiger partial charge in [0.1, 0.15) is 6.61 Å². The quantitative estimate of drug-likeness (QED) is 0.780. The predicted octanol–water partition coefficient (Wildman–Crippen LogP) is 1.75. The van der Waals surface area contributed by atoms with Crippen molar-refractivity contribution in [3.63, 3.8) is 0 Å². The molecule has 0 aromatic carbocycles. The molecule has 0 aromatic heterocycles. The summed E-state index contributed by atoms with van der Waals surface area (Å²) in [6.45, 7) is 3.34. The zero-order chi connectivity index (χ0) is 11.2. The van der Waals surface area contributed by atoms with Crippen molar-refractivity contribution in [1.82, 2.24) is 10.2 Å². The van der Waals surface area contributed by atoms with Gasteiger partial charge in [0.25, 0.3) is 0 Å². The van der Waals surface area contributed by atoms with E-state index in [0.29, 0.717) is 12.6 Å². The summed E-state index contributed by atoms with van der Waals surface area (Å²) < 4.78 is 5.35. The molecule has 0 bridgehead atoms. The van der Waals surface area contributed by atoms with Crippen LogP contribution in [0.3, 0.4) is 0 Å². The Balaban J connectivity index is 1.69. The van der Waals surface area contributed by atoms with Crippen molar-refractivity contribution in [2.45, 2.75) is 44.6 Å². The Morgan fingerprint density at radius 2 is 1.94 bits per heavy atom. The Bertz CT molecular complexity index is 219. The number of likely N-dealkylation sites (tertiary alicyclic amines) is 1. The Labute approximate surface area is 97.3 Å². The molecule has 2 aliphatic heterocycles. The number of carbonyl (C=O) groups excluding carboxylic acids is 1. The van der Waals surface area contributed by atoms with Gasteiger partial charge in [-0.25, -0.2) is 4.79 Å². The first kappa shape index (κ1) is 11.7. The Kier molecular flexibility index (Phi) is 4.45. The summed E-state index contributed by atoms with van der Waals surface area (Å²) in [4.78, 5) is 13.6. The lowest BCUT2D eigenvalue weighted by Gasteiger charge is -2.21. The number of hydrogen-bond donors (Lipinski definition) is 1. The molecule has 4 nitrogen and oxygen atoms in total. The first-order valence-electron chi connectivity index (χ1n) is 6.51. The van der Waals surface area contributed by atoms with Crippen molar-refractivity contribution in [1.29, 1.82) is 0 Å². The van der Waals surface area contributed by atoms with E-state index >= 15 is 0 Å². The van der Waals surface area contributed by atoms with Gasteiger partial charge in [-0.2, -0.15) is 0 Å². The highest BCUT2D eigenvalue weighted by atomic mass is 16.6. The molecule has 0 radical (unpaired) electrons. The number of carbonyl (C=O) groups is 1. The summed E-state index contributed by atoms with van der Waals surface area (Å²) in [6.07, 6.45) is 6.95. The fraction of sp³-hybridized carbons (Fsp3) is 0.917. The molecular formula is C12H22N2O2. The fourth-order valence-electron chi connectivity index (χ4n) is 2.42. The fourth-order valence-corrected chi connectivity index (χ4v) is 2.42. The van der Waals surface area contributed by atoms with E-state index in [0.717, 1.165) is 38.9 Å². The minimum Gasteiger partial charge on any atom is -0.448 e. The summed E-state index contributed by atoms with van der Waals surface area (Å²) in [5, 5.41) is 3.33. The van der Waals surface area contributed by atoms with Gasteiger partial charge in [-0.1, -0.05) is 12.8 Å². The maximum absolute atomic E-state index is 11.8. The molecule has 16 heavy (non-hydrogen) atoms. The van der Waals surface area contributed by atoms with E-state index in [4.69, 9.17) is 4.74 Å². The minimum atomic E-state index is -0.115. The Morgan fingerprint density at radius 3 is 2.56 bits per heavy atom. The SMILES string of the molecule is O=C(OCC1CCCN1)N1CCCCCC1. The summed E-state index contributed by atoms with van der Waals surface area (Å²) in [5.74, 6) is 0. The van der Waals surface area contributed by atoms with Crippen LogP contribution in [-0.4, -0.2) is 43.3 Å². The van der Waals surface area contributed by atoms with Gasteiger partial charge in [0.05, 0.1) is 0 Å². The Morgan fingerprint density at radius 1 is 1.19 bits per heavy atom. The second-order valence-corrected chi connectivity index (χ2v) is 4.77. The number of amides is 1. The third kappa shape index (κ3) is 3.37. The average Bonchev–Trinajstić information content (AvgIpc) is 2.66. The van der Waals surface area contributed by atoms with Gasteiger partial charge in [-0.05, 0) is 32.2 Å². The van der Waals surface area contributed by atoms with Gasteiger partial charge in [0.15, 0.2) is 0 Å². The zero-order valence-electron chi connectivity index (χ0n) is 9.91. The molecule has 2 heterocycles. The highest BCUT2D eigenvalue weighted by Crippen LogP contribution is 2.11. The molecule has 2 aliphatic rings. The smallest absolute Gasteiger partial charge is 0.409 e. The van der Waals surface area contributed by atoms with Crippen molar-refractivity contribution < 1.29 is 9.53 Å². The predicted molar refractivity (Wildman–Crippen MR) is 62.4 cm³/mol. The molecule has 0 spiro atoms. The van der Waals surface area contributed by atoms with Crippen molar-refractivity contribution >= 4 is 6.09 Å². The molecule has 92 valence electrons. The van der Waals surface area contributed by atoms with Crippen LogP contribution < -0.4 is 5.32 Å². The summed E-state index contributed by atoms with van der Waals surface area (Å²) >= 11 is 0. The zero-order valence-corrected chi connectivity index (χ0v) is 9.91. The van der Waals surface area contributed by atoms with Crippen LogP contribution in [0.2, 0.25) is 0 Å². The topological polar surface area (TPSA) is 41.6 Å². The maximum atomic E-state index is 11.8. The summed E-state index contributed by atoms with van der Waals surface area (Å²) in [7, 11) is 0.